The van der Waals surface area contributed by atoms with E-state index < -0.39 is 6.17 Å². The second kappa shape index (κ2) is 8.02. The zero-order chi connectivity index (χ0) is 20.5. The number of aromatic nitrogens is 4. The van der Waals surface area contributed by atoms with Crippen LogP contribution < -0.4 is 10.6 Å². The lowest BCUT2D eigenvalue weighted by atomic mass is 10.1. The number of hydrogen-bond acceptors (Lipinski definition) is 7. The Morgan fingerprint density at radius 3 is 2.87 bits per heavy atom. The van der Waals surface area contributed by atoms with Crippen molar-refractivity contribution in [2.75, 3.05) is 18.4 Å². The quantitative estimate of drug-likeness (QED) is 0.650. The second-order valence-corrected chi connectivity index (χ2v) is 8.06. The van der Waals surface area contributed by atoms with Gasteiger partial charge in [0.25, 0.3) is 0 Å². The summed E-state index contributed by atoms with van der Waals surface area (Å²) in [5.74, 6) is 1.04. The van der Waals surface area contributed by atoms with Gasteiger partial charge in [0.05, 0.1) is 35.8 Å². The van der Waals surface area contributed by atoms with Crippen molar-refractivity contribution in [3.05, 3.63) is 42.6 Å². The maximum atomic E-state index is 14.1. The van der Waals surface area contributed by atoms with E-state index in [1.807, 2.05) is 12.1 Å². The van der Waals surface area contributed by atoms with E-state index in [-0.39, 0.29) is 17.7 Å². The Morgan fingerprint density at radius 1 is 1.13 bits per heavy atom. The number of anilines is 1. The molecule has 2 atom stereocenters. The first-order chi connectivity index (χ1) is 14.7. The number of Topliss-reactive ketones (excluding diaryl/α,β-unsaturated/α-hetero) is 1. The summed E-state index contributed by atoms with van der Waals surface area (Å²) in [7, 11) is 0. The minimum absolute atomic E-state index is 0.223. The Bertz CT molecular complexity index is 1090. The van der Waals surface area contributed by atoms with Crippen molar-refractivity contribution in [3.8, 4) is 11.3 Å². The van der Waals surface area contributed by atoms with E-state index in [1.165, 1.54) is 0 Å². The number of alkyl halides is 1. The van der Waals surface area contributed by atoms with Crippen LogP contribution in [0.25, 0.3) is 22.2 Å². The Morgan fingerprint density at radius 2 is 2.03 bits per heavy atom. The first-order valence-electron chi connectivity index (χ1n) is 10.4. The SMILES string of the molecule is O=C(Cc1cc2cc(-c3cncc(N[C@H]4CCNC[C@@H]4F)n3)cnc2cn1)C1CC1. The lowest BCUT2D eigenvalue weighted by Crippen LogP contribution is -2.45. The molecule has 30 heavy (non-hydrogen) atoms. The Kier molecular flexibility index (Phi) is 5.08. The van der Waals surface area contributed by atoms with Crippen molar-refractivity contribution in [1.29, 1.82) is 0 Å². The number of rotatable bonds is 6. The molecular formula is C22H23FN6O. The van der Waals surface area contributed by atoms with Gasteiger partial charge >= 0.3 is 0 Å². The topological polar surface area (TPSA) is 92.7 Å². The van der Waals surface area contributed by atoms with Gasteiger partial charge in [-0.3, -0.25) is 19.7 Å². The van der Waals surface area contributed by atoms with Gasteiger partial charge in [0.2, 0.25) is 0 Å². The number of hydrogen-bond donors (Lipinski definition) is 2. The van der Waals surface area contributed by atoms with Crippen molar-refractivity contribution < 1.29 is 9.18 Å². The smallest absolute Gasteiger partial charge is 0.145 e. The van der Waals surface area contributed by atoms with Crippen LogP contribution in [0.5, 0.6) is 0 Å². The zero-order valence-electron chi connectivity index (χ0n) is 16.5. The Labute approximate surface area is 173 Å². The molecule has 1 aliphatic heterocycles. The molecule has 8 heteroatoms. The van der Waals surface area contributed by atoms with Crippen LogP contribution in [0, 0.1) is 5.92 Å². The van der Waals surface area contributed by atoms with Crippen LogP contribution in [0.1, 0.15) is 25.0 Å². The Hall–Kier alpha value is -3.00. The van der Waals surface area contributed by atoms with E-state index in [4.69, 9.17) is 0 Å². The molecule has 0 aromatic carbocycles. The summed E-state index contributed by atoms with van der Waals surface area (Å²) in [6.45, 7) is 1.12. The molecule has 2 N–H and O–H groups in total. The van der Waals surface area contributed by atoms with Gasteiger partial charge in [0, 0.05) is 41.7 Å². The van der Waals surface area contributed by atoms with Crippen LogP contribution >= 0.6 is 0 Å². The third kappa shape index (κ3) is 4.14. The van der Waals surface area contributed by atoms with Crippen molar-refractivity contribution >= 4 is 22.5 Å². The van der Waals surface area contributed by atoms with Crippen LogP contribution in [0.3, 0.4) is 0 Å². The molecule has 0 bridgehead atoms. The zero-order valence-corrected chi connectivity index (χ0v) is 16.5. The van der Waals surface area contributed by atoms with Gasteiger partial charge in [-0.1, -0.05) is 0 Å². The Balaban J connectivity index is 1.38. The monoisotopic (exact) mass is 406 g/mol. The van der Waals surface area contributed by atoms with E-state index in [2.05, 4.69) is 30.6 Å². The van der Waals surface area contributed by atoms with E-state index in [9.17, 15) is 9.18 Å². The van der Waals surface area contributed by atoms with Gasteiger partial charge in [-0.15, -0.1) is 0 Å². The highest BCUT2D eigenvalue weighted by molar-refractivity contribution is 5.87. The number of pyridine rings is 2. The van der Waals surface area contributed by atoms with Crippen LogP contribution in [0.15, 0.2) is 36.9 Å². The number of nitrogens with zero attached hydrogens (tertiary/aromatic N) is 4. The molecule has 5 rings (SSSR count). The van der Waals surface area contributed by atoms with Gasteiger partial charge in [0.1, 0.15) is 17.8 Å². The van der Waals surface area contributed by atoms with E-state index in [0.29, 0.717) is 30.9 Å². The summed E-state index contributed by atoms with van der Waals surface area (Å²) in [5, 5.41) is 7.12. The normalized spacial score (nSPS) is 21.5. The summed E-state index contributed by atoms with van der Waals surface area (Å²) in [4.78, 5) is 29.9. The van der Waals surface area contributed by atoms with Crippen LogP contribution in [-0.2, 0) is 11.2 Å². The first kappa shape index (κ1) is 19.0. The fourth-order valence-electron chi connectivity index (χ4n) is 3.79. The predicted molar refractivity (Wildman–Crippen MR) is 112 cm³/mol. The standard InChI is InChI=1S/C22H23FN6O/c23-17-9-24-4-3-18(17)28-22-12-25-10-20(29-22)15-5-14-6-16(7-21(30)13-1-2-13)26-11-19(14)27-8-15/h5-6,8,10-13,17-18,24H,1-4,7,9H2,(H,28,29)/t17-,18-/m0/s1. The first-order valence-corrected chi connectivity index (χ1v) is 10.4. The summed E-state index contributed by atoms with van der Waals surface area (Å²) >= 11 is 0. The van der Waals surface area contributed by atoms with Gasteiger partial charge in [-0.05, 0) is 37.9 Å². The average molecular weight is 406 g/mol. The number of piperidine rings is 1. The minimum Gasteiger partial charge on any atom is -0.363 e. The second-order valence-electron chi connectivity index (χ2n) is 8.06. The molecule has 0 radical (unpaired) electrons. The van der Waals surface area contributed by atoms with E-state index in [0.717, 1.165) is 41.5 Å². The molecule has 7 nitrogen and oxygen atoms in total. The molecule has 0 spiro atoms. The average Bonchev–Trinajstić information content (AvgIpc) is 3.61. The van der Waals surface area contributed by atoms with Crippen molar-refractivity contribution in [3.63, 3.8) is 0 Å². The summed E-state index contributed by atoms with van der Waals surface area (Å²) in [6.07, 6.45) is 8.82. The number of fused-ring (bicyclic) bond motifs is 1. The lowest BCUT2D eigenvalue weighted by molar-refractivity contribution is -0.119. The highest BCUT2D eigenvalue weighted by Crippen LogP contribution is 2.31. The van der Waals surface area contributed by atoms with Gasteiger partial charge in [-0.25, -0.2) is 9.37 Å². The van der Waals surface area contributed by atoms with E-state index in [1.54, 1.807) is 24.8 Å². The molecule has 4 heterocycles. The van der Waals surface area contributed by atoms with Crippen molar-refractivity contribution in [1.82, 2.24) is 25.3 Å². The largest absolute Gasteiger partial charge is 0.363 e. The molecule has 3 aromatic rings. The van der Waals surface area contributed by atoms with Crippen LogP contribution in [0.2, 0.25) is 0 Å². The summed E-state index contributed by atoms with van der Waals surface area (Å²) in [5.41, 5.74) is 3.00. The highest BCUT2D eigenvalue weighted by Gasteiger charge is 2.29. The number of nitrogens with one attached hydrogen (secondary N) is 2. The van der Waals surface area contributed by atoms with Gasteiger partial charge in [-0.2, -0.15) is 0 Å². The fourth-order valence-corrected chi connectivity index (χ4v) is 3.79. The molecular weight excluding hydrogens is 383 g/mol. The van der Waals surface area contributed by atoms with Crippen molar-refractivity contribution in [2.24, 2.45) is 5.92 Å². The molecule has 1 aliphatic carbocycles. The molecule has 1 saturated carbocycles. The van der Waals surface area contributed by atoms with Gasteiger partial charge in [0.15, 0.2) is 0 Å². The van der Waals surface area contributed by atoms with Crippen molar-refractivity contribution in [2.45, 2.75) is 37.9 Å². The number of halogens is 1. The molecule has 2 fully saturated rings. The number of carbonyl (C=O) groups is 1. The molecule has 0 amide bonds. The number of carbonyl (C=O) groups excluding carboxylic acids is 1. The summed E-state index contributed by atoms with van der Waals surface area (Å²) in [6, 6.07) is 3.62. The predicted octanol–water partition coefficient (Wildman–Crippen LogP) is 2.72. The third-order valence-corrected chi connectivity index (χ3v) is 5.68. The van der Waals surface area contributed by atoms with E-state index >= 15 is 0 Å². The molecule has 2 aliphatic rings. The lowest BCUT2D eigenvalue weighted by Gasteiger charge is -2.27. The minimum atomic E-state index is -0.962. The summed E-state index contributed by atoms with van der Waals surface area (Å²) < 4.78 is 14.1. The highest BCUT2D eigenvalue weighted by atomic mass is 19.1. The van der Waals surface area contributed by atoms with Gasteiger partial charge < -0.3 is 10.6 Å². The van der Waals surface area contributed by atoms with Crippen LogP contribution in [0.4, 0.5) is 10.2 Å². The maximum Gasteiger partial charge on any atom is 0.145 e. The molecule has 3 aromatic heterocycles. The maximum absolute atomic E-state index is 14.1. The van der Waals surface area contributed by atoms with Crippen LogP contribution in [-0.4, -0.2) is 51.0 Å². The molecule has 154 valence electrons. The third-order valence-electron chi connectivity index (χ3n) is 5.68. The fraction of sp³-hybridized carbons (Fsp3) is 0.409. The molecule has 0 unspecified atom stereocenters. The molecule has 1 saturated heterocycles. The number of ketones is 1.